The molecule has 0 atom stereocenters. The van der Waals surface area contributed by atoms with Crippen molar-refractivity contribution < 1.29 is 9.90 Å². The van der Waals surface area contributed by atoms with E-state index in [0.29, 0.717) is 31.7 Å². The van der Waals surface area contributed by atoms with Gasteiger partial charge in [-0.25, -0.2) is 4.98 Å². The summed E-state index contributed by atoms with van der Waals surface area (Å²) in [7, 11) is 0. The molecule has 1 saturated heterocycles. The van der Waals surface area contributed by atoms with Crippen molar-refractivity contribution in [3.63, 3.8) is 0 Å². The molecule has 2 rings (SSSR count). The van der Waals surface area contributed by atoms with E-state index in [-0.39, 0.29) is 17.5 Å². The molecule has 1 aromatic heterocycles. The number of carboxylic acids is 1. The highest BCUT2D eigenvalue weighted by molar-refractivity contribution is 5.70. The lowest BCUT2D eigenvalue weighted by Gasteiger charge is -2.30. The van der Waals surface area contributed by atoms with Crippen LogP contribution in [0, 0.1) is 5.92 Å². The van der Waals surface area contributed by atoms with Crippen LogP contribution in [0.1, 0.15) is 32.7 Å². The zero-order valence-electron chi connectivity index (χ0n) is 11.2. The molecule has 1 aromatic rings. The van der Waals surface area contributed by atoms with Crippen LogP contribution < -0.4 is 10.5 Å². The Morgan fingerprint density at radius 3 is 2.58 bits per heavy atom. The Morgan fingerprint density at radius 1 is 1.42 bits per heavy atom. The molecule has 104 valence electrons. The van der Waals surface area contributed by atoms with Gasteiger partial charge in [-0.05, 0) is 26.7 Å². The first kappa shape index (κ1) is 13.6. The summed E-state index contributed by atoms with van der Waals surface area (Å²) in [6, 6.07) is 0.0887. The molecule has 0 aromatic carbocycles. The highest BCUT2D eigenvalue weighted by Crippen LogP contribution is 2.20. The molecule has 0 amide bonds. The van der Waals surface area contributed by atoms with Gasteiger partial charge in [0.15, 0.2) is 5.82 Å². The smallest absolute Gasteiger partial charge is 0.306 e. The number of hydrogen-bond donors (Lipinski definition) is 1. The van der Waals surface area contributed by atoms with Gasteiger partial charge in [-0.1, -0.05) is 0 Å². The molecule has 0 saturated carbocycles. The fourth-order valence-electron chi connectivity index (χ4n) is 2.38. The molecule has 0 aliphatic carbocycles. The molecule has 6 heteroatoms. The fourth-order valence-corrected chi connectivity index (χ4v) is 2.38. The van der Waals surface area contributed by atoms with Gasteiger partial charge < -0.3 is 14.6 Å². The summed E-state index contributed by atoms with van der Waals surface area (Å²) in [6.07, 6.45) is 4.43. The average molecular weight is 265 g/mol. The number of carbonyl (C=O) groups is 1. The third-order valence-electron chi connectivity index (χ3n) is 3.55. The quantitative estimate of drug-likeness (QED) is 0.886. The van der Waals surface area contributed by atoms with Crippen LogP contribution in [-0.4, -0.2) is 33.7 Å². The van der Waals surface area contributed by atoms with Crippen LogP contribution in [0.5, 0.6) is 0 Å². The van der Waals surface area contributed by atoms with Crippen molar-refractivity contribution in [2.24, 2.45) is 5.92 Å². The van der Waals surface area contributed by atoms with Gasteiger partial charge in [-0.2, -0.15) is 0 Å². The molecule has 6 nitrogen and oxygen atoms in total. The number of nitrogens with zero attached hydrogens (tertiary/aromatic N) is 3. The Kier molecular flexibility index (Phi) is 3.87. The molecule has 19 heavy (non-hydrogen) atoms. The molecule has 0 unspecified atom stereocenters. The zero-order valence-corrected chi connectivity index (χ0v) is 11.2. The second-order valence-electron chi connectivity index (χ2n) is 5.16. The largest absolute Gasteiger partial charge is 0.481 e. The van der Waals surface area contributed by atoms with E-state index in [0.717, 1.165) is 0 Å². The van der Waals surface area contributed by atoms with Crippen LogP contribution in [0.15, 0.2) is 17.2 Å². The lowest BCUT2D eigenvalue weighted by atomic mass is 9.97. The molecular formula is C13H19N3O3. The van der Waals surface area contributed by atoms with E-state index in [1.54, 1.807) is 17.0 Å². The van der Waals surface area contributed by atoms with Gasteiger partial charge in [0, 0.05) is 31.5 Å². The van der Waals surface area contributed by atoms with E-state index in [4.69, 9.17) is 5.11 Å². The lowest BCUT2D eigenvalue weighted by Crippen LogP contribution is -2.40. The van der Waals surface area contributed by atoms with Crippen molar-refractivity contribution in [3.8, 4) is 0 Å². The summed E-state index contributed by atoms with van der Waals surface area (Å²) in [6.45, 7) is 5.03. The maximum Gasteiger partial charge on any atom is 0.306 e. The molecule has 1 aliphatic heterocycles. The van der Waals surface area contributed by atoms with Gasteiger partial charge >= 0.3 is 5.97 Å². The van der Waals surface area contributed by atoms with E-state index < -0.39 is 5.97 Å². The molecule has 0 bridgehead atoms. The van der Waals surface area contributed by atoms with E-state index >= 15 is 0 Å². The highest BCUT2D eigenvalue weighted by Gasteiger charge is 2.26. The number of rotatable bonds is 3. The summed E-state index contributed by atoms with van der Waals surface area (Å²) in [5, 5.41) is 8.97. The Morgan fingerprint density at radius 2 is 2.05 bits per heavy atom. The maximum atomic E-state index is 12.3. The van der Waals surface area contributed by atoms with Crippen molar-refractivity contribution in [3.05, 3.63) is 22.7 Å². The van der Waals surface area contributed by atoms with Gasteiger partial charge in [0.05, 0.1) is 5.92 Å². The number of anilines is 1. The second kappa shape index (κ2) is 5.42. The number of aromatic nitrogens is 2. The SMILES string of the molecule is CC(C)n1ccnc(N2CCC(C(=O)O)CC2)c1=O. The molecule has 0 radical (unpaired) electrons. The van der Waals surface area contributed by atoms with Gasteiger partial charge in [0.25, 0.3) is 5.56 Å². The first-order valence-corrected chi connectivity index (χ1v) is 6.55. The predicted molar refractivity (Wildman–Crippen MR) is 71.5 cm³/mol. The molecule has 0 spiro atoms. The highest BCUT2D eigenvalue weighted by atomic mass is 16.4. The topological polar surface area (TPSA) is 75.4 Å². The lowest BCUT2D eigenvalue weighted by molar-refractivity contribution is -0.142. The number of piperidine rings is 1. The average Bonchev–Trinajstić information content (AvgIpc) is 2.38. The molecule has 2 heterocycles. The van der Waals surface area contributed by atoms with Crippen LogP contribution in [0.3, 0.4) is 0 Å². The third-order valence-corrected chi connectivity index (χ3v) is 3.55. The number of hydrogen-bond acceptors (Lipinski definition) is 4. The van der Waals surface area contributed by atoms with Crippen molar-refractivity contribution in [1.82, 2.24) is 9.55 Å². The summed E-state index contributed by atoms with van der Waals surface area (Å²) in [5.41, 5.74) is -0.105. The summed E-state index contributed by atoms with van der Waals surface area (Å²) >= 11 is 0. The Bertz CT molecular complexity index is 516. The van der Waals surface area contributed by atoms with Gasteiger partial charge in [0.2, 0.25) is 0 Å². The minimum absolute atomic E-state index is 0.0887. The van der Waals surface area contributed by atoms with Crippen LogP contribution in [0.25, 0.3) is 0 Å². The van der Waals surface area contributed by atoms with E-state index in [1.165, 1.54) is 0 Å². The standard InChI is InChI=1S/C13H19N3O3/c1-9(2)16-8-5-14-11(12(16)17)15-6-3-10(4-7-15)13(18)19/h5,8-10H,3-4,6-7H2,1-2H3,(H,18,19). The van der Waals surface area contributed by atoms with E-state index in [9.17, 15) is 9.59 Å². The number of carboxylic acid groups (broad SMARTS) is 1. The van der Waals surface area contributed by atoms with Gasteiger partial charge in [0.1, 0.15) is 0 Å². The van der Waals surface area contributed by atoms with Crippen molar-refractivity contribution >= 4 is 11.8 Å². The van der Waals surface area contributed by atoms with Gasteiger partial charge in [-0.15, -0.1) is 0 Å². The van der Waals surface area contributed by atoms with Crippen LogP contribution in [-0.2, 0) is 4.79 Å². The molecule has 1 N–H and O–H groups in total. The van der Waals surface area contributed by atoms with Gasteiger partial charge in [-0.3, -0.25) is 9.59 Å². The van der Waals surface area contributed by atoms with Crippen molar-refractivity contribution in [2.45, 2.75) is 32.7 Å². The number of aliphatic carboxylic acids is 1. The zero-order chi connectivity index (χ0) is 14.0. The van der Waals surface area contributed by atoms with E-state index in [2.05, 4.69) is 4.98 Å². The second-order valence-corrected chi connectivity index (χ2v) is 5.16. The van der Waals surface area contributed by atoms with Crippen LogP contribution in [0.2, 0.25) is 0 Å². The predicted octanol–water partition coefficient (Wildman–Crippen LogP) is 1.13. The Balaban J connectivity index is 2.18. The van der Waals surface area contributed by atoms with Crippen LogP contribution >= 0.6 is 0 Å². The van der Waals surface area contributed by atoms with Crippen molar-refractivity contribution in [2.75, 3.05) is 18.0 Å². The molecular weight excluding hydrogens is 246 g/mol. The molecule has 1 aliphatic rings. The normalized spacial score (nSPS) is 16.9. The first-order valence-electron chi connectivity index (χ1n) is 6.55. The maximum absolute atomic E-state index is 12.3. The molecule has 1 fully saturated rings. The van der Waals surface area contributed by atoms with Crippen molar-refractivity contribution in [1.29, 1.82) is 0 Å². The van der Waals surface area contributed by atoms with E-state index in [1.807, 2.05) is 18.7 Å². The third kappa shape index (κ3) is 2.77. The summed E-state index contributed by atoms with van der Waals surface area (Å²) < 4.78 is 1.64. The fraction of sp³-hybridized carbons (Fsp3) is 0.615. The first-order chi connectivity index (χ1) is 9.00. The Hall–Kier alpha value is -1.85. The Labute approximate surface area is 111 Å². The summed E-state index contributed by atoms with van der Waals surface area (Å²) in [4.78, 5) is 29.2. The summed E-state index contributed by atoms with van der Waals surface area (Å²) in [5.74, 6) is -0.618. The minimum atomic E-state index is -0.750. The minimum Gasteiger partial charge on any atom is -0.481 e. The monoisotopic (exact) mass is 265 g/mol. The van der Waals surface area contributed by atoms with Crippen LogP contribution in [0.4, 0.5) is 5.82 Å².